The topological polar surface area (TPSA) is 29.1 Å². The maximum Gasteiger partial charge on any atom is 0.417 e. The number of hydrogen-bond acceptors (Lipinski definition) is 2. The van der Waals surface area contributed by atoms with Gasteiger partial charge in [-0.05, 0) is 30.5 Å². The number of rotatable bonds is 3. The summed E-state index contributed by atoms with van der Waals surface area (Å²) in [4.78, 5) is 11.6. The van der Waals surface area contributed by atoms with Gasteiger partial charge in [0.15, 0.2) is 0 Å². The van der Waals surface area contributed by atoms with Gasteiger partial charge in [0.1, 0.15) is 0 Å². The summed E-state index contributed by atoms with van der Waals surface area (Å²) in [5.74, 6) is -0.428. The van der Waals surface area contributed by atoms with Gasteiger partial charge in [0.25, 0.3) is 5.91 Å². The molecule has 1 amide bonds. The summed E-state index contributed by atoms with van der Waals surface area (Å²) in [6.45, 7) is 3.55. The van der Waals surface area contributed by atoms with E-state index in [1.54, 1.807) is 0 Å². The third-order valence-corrected chi connectivity index (χ3v) is 3.23. The predicted octanol–water partition coefficient (Wildman–Crippen LogP) is 3.29. The molecule has 0 aromatic heterocycles. The number of carbonyl (C=O) groups excluding carboxylic acids is 1. The molecule has 1 N–H and O–H groups in total. The quantitative estimate of drug-likeness (QED) is 0.648. The molecule has 1 fully saturated rings. The number of carbonyl (C=O) groups is 1. The van der Waals surface area contributed by atoms with Crippen molar-refractivity contribution < 1.29 is 18.0 Å². The molecule has 0 radical (unpaired) electrons. The van der Waals surface area contributed by atoms with Crippen LogP contribution >= 0.6 is 12.6 Å². The lowest BCUT2D eigenvalue weighted by molar-refractivity contribution is -0.139. The van der Waals surface area contributed by atoms with Crippen LogP contribution in [0, 0.1) is 0 Å². The molecule has 0 atom stereocenters. The molecule has 0 unspecified atom stereocenters. The van der Waals surface area contributed by atoms with Gasteiger partial charge in [-0.25, -0.2) is 0 Å². The maximum absolute atomic E-state index is 12.7. The molecule has 1 aliphatic rings. The van der Waals surface area contributed by atoms with Crippen molar-refractivity contribution >= 4 is 24.1 Å². The van der Waals surface area contributed by atoms with Crippen LogP contribution in [0.1, 0.15) is 24.0 Å². The minimum atomic E-state index is -4.50. The molecule has 102 valence electrons. The fourth-order valence-corrected chi connectivity index (χ4v) is 1.85. The lowest BCUT2D eigenvalue weighted by Crippen LogP contribution is -2.26. The van der Waals surface area contributed by atoms with Gasteiger partial charge in [-0.3, -0.25) is 4.79 Å². The van der Waals surface area contributed by atoms with Crippen LogP contribution in [0.4, 0.5) is 13.2 Å². The maximum atomic E-state index is 12.7. The monoisotopic (exact) mass is 287 g/mol. The van der Waals surface area contributed by atoms with E-state index < -0.39 is 17.6 Å². The Morgan fingerprint density at radius 3 is 2.53 bits per heavy atom. The van der Waals surface area contributed by atoms with E-state index in [1.165, 1.54) is 12.1 Å². The Hall–Kier alpha value is -1.43. The van der Waals surface area contributed by atoms with E-state index in [0.29, 0.717) is 0 Å². The van der Waals surface area contributed by atoms with Crippen molar-refractivity contribution in [2.24, 2.45) is 0 Å². The summed E-state index contributed by atoms with van der Waals surface area (Å²) in [6.07, 6.45) is -2.69. The Labute approximate surface area is 114 Å². The molecule has 6 heteroatoms. The van der Waals surface area contributed by atoms with Crippen molar-refractivity contribution in [3.8, 4) is 0 Å². The summed E-state index contributed by atoms with van der Waals surface area (Å²) in [6, 6.07) is 3.66. The molecular weight excluding hydrogens is 275 g/mol. The van der Waals surface area contributed by atoms with Crippen LogP contribution in [-0.2, 0) is 11.0 Å². The number of nitrogens with one attached hydrogen (secondary N) is 1. The lowest BCUT2D eigenvalue weighted by atomic mass is 10.0. The second kappa shape index (κ2) is 4.92. The molecule has 1 aliphatic carbocycles. The Bertz CT molecular complexity index is 535. The second-order valence-electron chi connectivity index (χ2n) is 4.46. The summed E-state index contributed by atoms with van der Waals surface area (Å²) < 4.78 is 38.2. The largest absolute Gasteiger partial charge is 0.417 e. The highest BCUT2D eigenvalue weighted by atomic mass is 32.1. The average Bonchev–Trinajstić information content (AvgIpc) is 3.11. The molecule has 0 saturated heterocycles. The Kier molecular flexibility index (Phi) is 3.62. The standard InChI is InChI=1S/C13H12F3NOS/c1-7(12(18)17-9-3-4-9)8-2-5-11(19)10(6-8)13(14,15)16/h2,5-6,9,19H,1,3-4H2,(H,17,18). The van der Waals surface area contributed by atoms with Crippen LogP contribution in [0.2, 0.25) is 0 Å². The van der Waals surface area contributed by atoms with E-state index in [-0.39, 0.29) is 22.1 Å². The highest BCUT2D eigenvalue weighted by Crippen LogP contribution is 2.35. The molecule has 2 nitrogen and oxygen atoms in total. The second-order valence-corrected chi connectivity index (χ2v) is 4.94. The number of hydrogen-bond donors (Lipinski definition) is 2. The first kappa shape index (κ1) is 14.0. The first-order chi connectivity index (χ1) is 8.79. The molecule has 0 spiro atoms. The fourth-order valence-electron chi connectivity index (χ4n) is 1.58. The zero-order valence-corrected chi connectivity index (χ0v) is 10.8. The number of amides is 1. The van der Waals surface area contributed by atoms with Crippen LogP contribution in [-0.4, -0.2) is 11.9 Å². The Morgan fingerprint density at radius 1 is 1.37 bits per heavy atom. The molecule has 1 saturated carbocycles. The fraction of sp³-hybridized carbons (Fsp3) is 0.308. The summed E-state index contributed by atoms with van der Waals surface area (Å²) in [7, 11) is 0. The SMILES string of the molecule is C=C(C(=O)NC1CC1)c1ccc(S)c(C(F)(F)F)c1. The lowest BCUT2D eigenvalue weighted by Gasteiger charge is -2.12. The molecule has 1 aromatic carbocycles. The molecule has 1 aromatic rings. The third-order valence-electron chi connectivity index (χ3n) is 2.84. The average molecular weight is 287 g/mol. The minimum absolute atomic E-state index is 0.0331. The van der Waals surface area contributed by atoms with E-state index >= 15 is 0 Å². The highest BCUT2D eigenvalue weighted by molar-refractivity contribution is 7.80. The van der Waals surface area contributed by atoms with Crippen molar-refractivity contribution in [1.29, 1.82) is 0 Å². The van der Waals surface area contributed by atoms with E-state index in [0.717, 1.165) is 18.9 Å². The van der Waals surface area contributed by atoms with E-state index in [9.17, 15) is 18.0 Å². The summed E-state index contributed by atoms with van der Waals surface area (Å²) >= 11 is 3.77. The van der Waals surface area contributed by atoms with Gasteiger partial charge in [-0.1, -0.05) is 12.6 Å². The smallest absolute Gasteiger partial charge is 0.349 e. The minimum Gasteiger partial charge on any atom is -0.349 e. The number of halogens is 3. The molecule has 0 bridgehead atoms. The zero-order valence-electron chi connectivity index (χ0n) is 9.92. The number of benzene rings is 1. The summed E-state index contributed by atoms with van der Waals surface area (Å²) in [5, 5.41) is 2.69. The first-order valence-electron chi connectivity index (χ1n) is 5.69. The Morgan fingerprint density at radius 2 is 2.00 bits per heavy atom. The van der Waals surface area contributed by atoms with Crippen molar-refractivity contribution in [3.05, 3.63) is 35.9 Å². The van der Waals surface area contributed by atoms with E-state index in [1.807, 2.05) is 0 Å². The molecule has 19 heavy (non-hydrogen) atoms. The normalized spacial score (nSPS) is 15.2. The zero-order chi connectivity index (χ0) is 14.2. The number of thiol groups is 1. The molecular formula is C13H12F3NOS. The van der Waals surface area contributed by atoms with Crippen LogP contribution in [0.25, 0.3) is 5.57 Å². The van der Waals surface area contributed by atoms with Crippen LogP contribution in [0.5, 0.6) is 0 Å². The number of alkyl halides is 3. The molecule has 0 aliphatic heterocycles. The van der Waals surface area contributed by atoms with E-state index in [4.69, 9.17) is 0 Å². The third kappa shape index (κ3) is 3.32. The first-order valence-corrected chi connectivity index (χ1v) is 6.14. The molecule has 2 rings (SSSR count). The van der Waals surface area contributed by atoms with Crippen LogP contribution in [0.15, 0.2) is 29.7 Å². The van der Waals surface area contributed by atoms with Gasteiger partial charge < -0.3 is 5.32 Å². The van der Waals surface area contributed by atoms with Gasteiger partial charge in [0.2, 0.25) is 0 Å². The predicted molar refractivity (Wildman–Crippen MR) is 68.9 cm³/mol. The van der Waals surface area contributed by atoms with Crippen molar-refractivity contribution in [1.82, 2.24) is 5.32 Å². The van der Waals surface area contributed by atoms with E-state index in [2.05, 4.69) is 24.5 Å². The van der Waals surface area contributed by atoms with Gasteiger partial charge in [-0.2, -0.15) is 13.2 Å². The van der Waals surface area contributed by atoms with Gasteiger partial charge in [0, 0.05) is 16.5 Å². The Balaban J connectivity index is 2.24. The van der Waals surface area contributed by atoms with Crippen LogP contribution in [0.3, 0.4) is 0 Å². The summed E-state index contributed by atoms with van der Waals surface area (Å²) in [5.41, 5.74) is -0.678. The highest BCUT2D eigenvalue weighted by Gasteiger charge is 2.33. The van der Waals surface area contributed by atoms with Gasteiger partial charge in [-0.15, -0.1) is 12.6 Å². The van der Waals surface area contributed by atoms with Gasteiger partial charge >= 0.3 is 6.18 Å². The van der Waals surface area contributed by atoms with Crippen molar-refractivity contribution in [2.45, 2.75) is 30.0 Å². The van der Waals surface area contributed by atoms with Crippen molar-refractivity contribution in [3.63, 3.8) is 0 Å². The van der Waals surface area contributed by atoms with Crippen LogP contribution < -0.4 is 5.32 Å². The molecule has 0 heterocycles. The van der Waals surface area contributed by atoms with Crippen molar-refractivity contribution in [2.75, 3.05) is 0 Å². The van der Waals surface area contributed by atoms with Gasteiger partial charge in [0.05, 0.1) is 5.56 Å².